The van der Waals surface area contributed by atoms with E-state index in [-0.39, 0.29) is 12.8 Å². The lowest BCUT2D eigenvalue weighted by atomic mass is 9.95. The predicted octanol–water partition coefficient (Wildman–Crippen LogP) is 0.464. The summed E-state index contributed by atoms with van der Waals surface area (Å²) in [5.41, 5.74) is -1.42. The van der Waals surface area contributed by atoms with Gasteiger partial charge in [-0.05, 0) is 19.3 Å². The molecule has 0 aliphatic heterocycles. The summed E-state index contributed by atoms with van der Waals surface area (Å²) in [6.45, 7) is 5.39. The van der Waals surface area contributed by atoms with Crippen LogP contribution in [0.2, 0.25) is 0 Å². The molecule has 3 N–H and O–H groups in total. The van der Waals surface area contributed by atoms with Gasteiger partial charge in [0.1, 0.15) is 5.54 Å². The number of carboxylic acid groups (broad SMARTS) is 1. The average molecular weight is 252 g/mol. The van der Waals surface area contributed by atoms with Gasteiger partial charge in [-0.15, -0.1) is 0 Å². The summed E-state index contributed by atoms with van der Waals surface area (Å²) in [6.07, 6.45) is 1.05. The molecule has 0 unspecified atom stereocenters. The summed E-state index contributed by atoms with van der Waals surface area (Å²) in [5.74, 6) is -1.15. The average Bonchev–Trinajstić information content (AvgIpc) is 2.23. The maximum Gasteiger partial charge on any atom is 0.324 e. The topological polar surface area (TPSA) is 95.5 Å². The minimum atomic E-state index is -3.75. The van der Waals surface area contributed by atoms with E-state index in [0.29, 0.717) is 13.0 Å². The van der Waals surface area contributed by atoms with E-state index in [1.54, 1.807) is 13.8 Å². The Morgan fingerprint density at radius 3 is 2.06 bits per heavy atom. The molecule has 0 fully saturated rings. The maximum absolute atomic E-state index is 11.5. The van der Waals surface area contributed by atoms with E-state index in [4.69, 9.17) is 5.11 Å². The molecule has 0 heterocycles. The molecule has 0 bridgehead atoms. The van der Waals surface area contributed by atoms with Crippen LogP contribution < -0.4 is 9.44 Å². The molecular weight excluding hydrogens is 232 g/mol. The van der Waals surface area contributed by atoms with E-state index < -0.39 is 21.7 Å². The van der Waals surface area contributed by atoms with Gasteiger partial charge in [-0.1, -0.05) is 20.8 Å². The lowest BCUT2D eigenvalue weighted by Crippen LogP contribution is -2.56. The zero-order valence-corrected chi connectivity index (χ0v) is 10.7. The molecule has 16 heavy (non-hydrogen) atoms. The van der Waals surface area contributed by atoms with Crippen LogP contribution in [0.1, 0.15) is 40.0 Å². The number of hydrogen-bond donors (Lipinski definition) is 3. The molecule has 0 radical (unpaired) electrons. The fourth-order valence-electron chi connectivity index (χ4n) is 1.27. The van der Waals surface area contributed by atoms with Gasteiger partial charge in [0.25, 0.3) is 10.2 Å². The van der Waals surface area contributed by atoms with Crippen LogP contribution in [0, 0.1) is 0 Å². The second kappa shape index (κ2) is 6.17. The number of aliphatic carboxylic acids is 1. The van der Waals surface area contributed by atoms with Crippen molar-refractivity contribution in [2.75, 3.05) is 6.54 Å². The predicted molar refractivity (Wildman–Crippen MR) is 61.3 cm³/mol. The van der Waals surface area contributed by atoms with E-state index in [1.807, 2.05) is 6.92 Å². The van der Waals surface area contributed by atoms with Crippen LogP contribution in [0.3, 0.4) is 0 Å². The number of carboxylic acids is 1. The van der Waals surface area contributed by atoms with Crippen molar-refractivity contribution in [3.8, 4) is 0 Å². The quantitative estimate of drug-likeness (QED) is 0.585. The first kappa shape index (κ1) is 15.3. The molecule has 7 heteroatoms. The Morgan fingerprint density at radius 1 is 1.25 bits per heavy atom. The van der Waals surface area contributed by atoms with Crippen LogP contribution in [-0.2, 0) is 15.0 Å². The van der Waals surface area contributed by atoms with Crippen LogP contribution in [0.25, 0.3) is 0 Å². The van der Waals surface area contributed by atoms with Gasteiger partial charge < -0.3 is 5.11 Å². The van der Waals surface area contributed by atoms with Crippen molar-refractivity contribution in [1.29, 1.82) is 0 Å². The summed E-state index contributed by atoms with van der Waals surface area (Å²) >= 11 is 0. The monoisotopic (exact) mass is 252 g/mol. The Balaban J connectivity index is 4.82. The summed E-state index contributed by atoms with van der Waals surface area (Å²) in [4.78, 5) is 11.1. The Hall–Kier alpha value is -0.660. The molecular formula is C9H20N2O4S. The molecule has 6 nitrogen and oxygen atoms in total. The Kier molecular flexibility index (Phi) is 5.91. The highest BCUT2D eigenvalue weighted by atomic mass is 32.2. The zero-order chi connectivity index (χ0) is 12.8. The Morgan fingerprint density at radius 2 is 1.75 bits per heavy atom. The number of rotatable bonds is 8. The third kappa shape index (κ3) is 4.07. The van der Waals surface area contributed by atoms with Crippen molar-refractivity contribution < 1.29 is 18.3 Å². The highest BCUT2D eigenvalue weighted by Crippen LogP contribution is 2.16. The van der Waals surface area contributed by atoms with E-state index in [9.17, 15) is 13.2 Å². The summed E-state index contributed by atoms with van der Waals surface area (Å²) in [7, 11) is -3.75. The van der Waals surface area contributed by atoms with Crippen LogP contribution >= 0.6 is 0 Å². The SMILES string of the molecule is CCCNS(=O)(=O)NC(CC)(CC)C(=O)O. The standard InChI is InChI=1S/C9H20N2O4S/c1-4-7-10-16(14,15)11-9(5-2,6-3)8(12)13/h10-11H,4-7H2,1-3H3,(H,12,13). The Bertz CT molecular complexity index is 322. The molecule has 0 aromatic carbocycles. The van der Waals surface area contributed by atoms with E-state index in [0.717, 1.165) is 0 Å². The van der Waals surface area contributed by atoms with Gasteiger partial charge in [0.05, 0.1) is 0 Å². The lowest BCUT2D eigenvalue weighted by molar-refractivity contribution is -0.144. The molecule has 0 aromatic rings. The van der Waals surface area contributed by atoms with Gasteiger partial charge in [-0.2, -0.15) is 13.1 Å². The molecule has 0 saturated carbocycles. The number of hydrogen-bond acceptors (Lipinski definition) is 3. The molecule has 0 aliphatic carbocycles. The third-order valence-corrected chi connectivity index (χ3v) is 3.73. The van der Waals surface area contributed by atoms with E-state index in [2.05, 4.69) is 9.44 Å². The van der Waals surface area contributed by atoms with Gasteiger partial charge in [0, 0.05) is 6.54 Å². The van der Waals surface area contributed by atoms with E-state index >= 15 is 0 Å². The molecule has 0 atom stereocenters. The van der Waals surface area contributed by atoms with Gasteiger partial charge in [-0.3, -0.25) is 4.79 Å². The summed E-state index contributed by atoms with van der Waals surface area (Å²) in [6, 6.07) is 0. The van der Waals surface area contributed by atoms with Gasteiger partial charge in [0.2, 0.25) is 0 Å². The van der Waals surface area contributed by atoms with Crippen molar-refractivity contribution in [1.82, 2.24) is 9.44 Å². The normalized spacial score (nSPS) is 12.7. The molecule has 0 amide bonds. The smallest absolute Gasteiger partial charge is 0.324 e. The third-order valence-electron chi connectivity index (χ3n) is 2.49. The van der Waals surface area contributed by atoms with E-state index in [1.165, 1.54) is 0 Å². The zero-order valence-electron chi connectivity index (χ0n) is 9.91. The number of nitrogens with one attached hydrogen (secondary N) is 2. The molecule has 0 aliphatic rings. The van der Waals surface area contributed by atoms with Crippen molar-refractivity contribution in [3.63, 3.8) is 0 Å². The molecule has 96 valence electrons. The second-order valence-electron chi connectivity index (χ2n) is 3.59. The van der Waals surface area contributed by atoms with Gasteiger partial charge in [0.15, 0.2) is 0 Å². The van der Waals surface area contributed by atoms with Crippen LogP contribution in [0.4, 0.5) is 0 Å². The molecule has 0 spiro atoms. The highest BCUT2D eigenvalue weighted by molar-refractivity contribution is 7.87. The molecule has 0 aromatic heterocycles. The first-order valence-electron chi connectivity index (χ1n) is 5.35. The van der Waals surface area contributed by atoms with Crippen LogP contribution in [0.5, 0.6) is 0 Å². The molecule has 0 rings (SSSR count). The minimum absolute atomic E-state index is 0.200. The van der Waals surface area contributed by atoms with Crippen molar-refractivity contribution in [3.05, 3.63) is 0 Å². The fraction of sp³-hybridized carbons (Fsp3) is 0.889. The van der Waals surface area contributed by atoms with Crippen LogP contribution in [0.15, 0.2) is 0 Å². The van der Waals surface area contributed by atoms with Crippen molar-refractivity contribution in [2.45, 2.75) is 45.6 Å². The summed E-state index contributed by atoms with van der Waals surface area (Å²) < 4.78 is 27.6. The van der Waals surface area contributed by atoms with Crippen molar-refractivity contribution in [2.24, 2.45) is 0 Å². The first-order valence-corrected chi connectivity index (χ1v) is 6.83. The first-order chi connectivity index (χ1) is 7.33. The van der Waals surface area contributed by atoms with Crippen molar-refractivity contribution >= 4 is 16.2 Å². The molecule has 0 saturated heterocycles. The summed E-state index contributed by atoms with van der Waals surface area (Å²) in [5, 5.41) is 9.06. The highest BCUT2D eigenvalue weighted by Gasteiger charge is 2.38. The second-order valence-corrected chi connectivity index (χ2v) is 5.09. The van der Waals surface area contributed by atoms with Crippen LogP contribution in [-0.4, -0.2) is 31.6 Å². The van der Waals surface area contributed by atoms with Gasteiger partial charge in [-0.25, -0.2) is 4.72 Å². The largest absolute Gasteiger partial charge is 0.480 e. The Labute approximate surface area is 96.6 Å². The fourth-order valence-corrected chi connectivity index (χ4v) is 2.71. The van der Waals surface area contributed by atoms with Gasteiger partial charge >= 0.3 is 5.97 Å². The minimum Gasteiger partial charge on any atom is -0.480 e. The number of carbonyl (C=O) groups is 1. The lowest BCUT2D eigenvalue weighted by Gasteiger charge is -2.27. The maximum atomic E-state index is 11.5.